The highest BCUT2D eigenvalue weighted by molar-refractivity contribution is 5.36. The third kappa shape index (κ3) is 2.72. The minimum absolute atomic E-state index is 0.00653. The van der Waals surface area contributed by atoms with Crippen molar-refractivity contribution in [1.29, 1.82) is 5.26 Å². The predicted molar refractivity (Wildman–Crippen MR) is 78.2 cm³/mol. The highest BCUT2D eigenvalue weighted by Gasteiger charge is 2.38. The van der Waals surface area contributed by atoms with Crippen LogP contribution >= 0.6 is 0 Å². The third-order valence-electron chi connectivity index (χ3n) is 4.87. The molecule has 3 nitrogen and oxygen atoms in total. The first-order valence-corrected chi connectivity index (χ1v) is 7.57. The van der Waals surface area contributed by atoms with E-state index in [9.17, 15) is 0 Å². The standard InChI is InChI=1S/C17H22N2O/c1-13-9-15(13)12-19-17(5-7-20-8-6-17)16-4-2-3-14(10-16)11-18/h2-4,10,13,15,19H,5-9,12H2,1H3. The summed E-state index contributed by atoms with van der Waals surface area (Å²) in [5.41, 5.74) is 1.98. The fraction of sp³-hybridized carbons (Fsp3) is 0.588. The molecule has 1 saturated carbocycles. The van der Waals surface area contributed by atoms with Gasteiger partial charge in [0.15, 0.2) is 0 Å². The lowest BCUT2D eigenvalue weighted by molar-refractivity contribution is 0.0360. The summed E-state index contributed by atoms with van der Waals surface area (Å²) in [4.78, 5) is 0. The molecule has 1 aliphatic heterocycles. The van der Waals surface area contributed by atoms with Crippen LogP contribution in [0.3, 0.4) is 0 Å². The number of hydrogen-bond donors (Lipinski definition) is 1. The largest absolute Gasteiger partial charge is 0.381 e. The molecule has 1 N–H and O–H groups in total. The predicted octanol–water partition coefficient (Wildman–Crippen LogP) is 2.81. The Morgan fingerprint density at radius 2 is 2.15 bits per heavy atom. The Kier molecular flexibility index (Phi) is 3.78. The van der Waals surface area contributed by atoms with Gasteiger partial charge in [0.05, 0.1) is 11.6 Å². The molecule has 3 rings (SSSR count). The van der Waals surface area contributed by atoms with Crippen molar-refractivity contribution in [3.63, 3.8) is 0 Å². The Balaban J connectivity index is 1.82. The monoisotopic (exact) mass is 270 g/mol. The van der Waals surface area contributed by atoms with Gasteiger partial charge in [0, 0.05) is 18.8 Å². The molecule has 1 aromatic carbocycles. The summed E-state index contributed by atoms with van der Waals surface area (Å²) in [6.45, 7) is 4.99. The topological polar surface area (TPSA) is 45.0 Å². The molecular weight excluding hydrogens is 248 g/mol. The summed E-state index contributed by atoms with van der Waals surface area (Å²) in [5, 5.41) is 12.9. The van der Waals surface area contributed by atoms with E-state index in [0.29, 0.717) is 0 Å². The Labute approximate surface area is 120 Å². The minimum Gasteiger partial charge on any atom is -0.381 e. The molecule has 1 aromatic rings. The zero-order chi connectivity index (χ0) is 14.0. The van der Waals surface area contributed by atoms with Gasteiger partial charge in [-0.05, 0) is 55.3 Å². The van der Waals surface area contributed by atoms with Gasteiger partial charge in [0.2, 0.25) is 0 Å². The fourth-order valence-electron chi connectivity index (χ4n) is 3.18. The number of hydrogen-bond acceptors (Lipinski definition) is 3. The first-order chi connectivity index (χ1) is 9.73. The molecule has 3 heteroatoms. The maximum absolute atomic E-state index is 9.11. The Morgan fingerprint density at radius 1 is 1.40 bits per heavy atom. The molecular formula is C17H22N2O. The van der Waals surface area contributed by atoms with Gasteiger partial charge in [0.1, 0.15) is 0 Å². The van der Waals surface area contributed by atoms with Gasteiger partial charge in [-0.3, -0.25) is 0 Å². The second kappa shape index (κ2) is 5.55. The molecule has 0 spiro atoms. The van der Waals surface area contributed by atoms with Crippen LogP contribution in [-0.2, 0) is 10.3 Å². The smallest absolute Gasteiger partial charge is 0.0991 e. The van der Waals surface area contributed by atoms with Crippen LogP contribution in [0.4, 0.5) is 0 Å². The van der Waals surface area contributed by atoms with Gasteiger partial charge in [-0.25, -0.2) is 0 Å². The summed E-state index contributed by atoms with van der Waals surface area (Å²) in [7, 11) is 0. The Hall–Kier alpha value is -1.37. The van der Waals surface area contributed by atoms with Crippen molar-refractivity contribution in [2.24, 2.45) is 11.8 Å². The molecule has 0 aromatic heterocycles. The van der Waals surface area contributed by atoms with Gasteiger partial charge >= 0.3 is 0 Å². The van der Waals surface area contributed by atoms with Crippen LogP contribution in [0.15, 0.2) is 24.3 Å². The zero-order valence-electron chi connectivity index (χ0n) is 12.1. The van der Waals surface area contributed by atoms with Gasteiger partial charge in [-0.1, -0.05) is 19.1 Å². The van der Waals surface area contributed by atoms with E-state index >= 15 is 0 Å². The maximum Gasteiger partial charge on any atom is 0.0991 e. The van der Waals surface area contributed by atoms with Crippen LogP contribution in [0.1, 0.15) is 37.3 Å². The van der Waals surface area contributed by atoms with Crippen LogP contribution in [0.5, 0.6) is 0 Å². The Bertz CT molecular complexity index is 514. The van der Waals surface area contributed by atoms with E-state index in [-0.39, 0.29) is 5.54 Å². The SMILES string of the molecule is CC1CC1CNC1(c2cccc(C#N)c2)CCOCC1. The maximum atomic E-state index is 9.11. The first kappa shape index (κ1) is 13.6. The van der Waals surface area contributed by atoms with Crippen LogP contribution in [0, 0.1) is 23.2 Å². The molecule has 2 fully saturated rings. The van der Waals surface area contributed by atoms with E-state index in [1.807, 2.05) is 18.2 Å². The molecule has 2 aliphatic rings. The molecule has 1 saturated heterocycles. The molecule has 2 atom stereocenters. The molecule has 106 valence electrons. The molecule has 2 unspecified atom stereocenters. The number of nitrogens with zero attached hydrogens (tertiary/aromatic N) is 1. The van der Waals surface area contributed by atoms with Gasteiger partial charge in [-0.15, -0.1) is 0 Å². The lowest BCUT2D eigenvalue weighted by Crippen LogP contribution is -2.47. The van der Waals surface area contributed by atoms with Crippen LogP contribution in [0.2, 0.25) is 0 Å². The average molecular weight is 270 g/mol. The van der Waals surface area contributed by atoms with Gasteiger partial charge in [0.25, 0.3) is 0 Å². The summed E-state index contributed by atoms with van der Waals surface area (Å²) in [5.74, 6) is 1.69. The van der Waals surface area contributed by atoms with Crippen molar-refractivity contribution in [1.82, 2.24) is 5.32 Å². The zero-order valence-corrected chi connectivity index (χ0v) is 12.1. The number of nitriles is 1. The van der Waals surface area contributed by atoms with Crippen LogP contribution < -0.4 is 5.32 Å². The van der Waals surface area contributed by atoms with Crippen molar-refractivity contribution in [2.45, 2.75) is 31.7 Å². The molecule has 20 heavy (non-hydrogen) atoms. The molecule has 0 bridgehead atoms. The Morgan fingerprint density at radius 3 is 2.80 bits per heavy atom. The number of benzene rings is 1. The molecule has 0 amide bonds. The third-order valence-corrected chi connectivity index (χ3v) is 4.87. The summed E-state index contributed by atoms with van der Waals surface area (Å²) in [6, 6.07) is 10.3. The average Bonchev–Trinajstić information content (AvgIpc) is 3.22. The number of rotatable bonds is 4. The van der Waals surface area contributed by atoms with E-state index in [0.717, 1.165) is 50.0 Å². The van der Waals surface area contributed by atoms with E-state index < -0.39 is 0 Å². The lowest BCUT2D eigenvalue weighted by Gasteiger charge is -2.39. The van der Waals surface area contributed by atoms with Crippen LogP contribution in [0.25, 0.3) is 0 Å². The highest BCUT2D eigenvalue weighted by atomic mass is 16.5. The second-order valence-corrected chi connectivity index (χ2v) is 6.24. The van der Waals surface area contributed by atoms with E-state index in [1.54, 1.807) is 0 Å². The quantitative estimate of drug-likeness (QED) is 0.915. The van der Waals surface area contributed by atoms with Crippen LogP contribution in [-0.4, -0.2) is 19.8 Å². The van der Waals surface area contributed by atoms with Crippen molar-refractivity contribution in [2.75, 3.05) is 19.8 Å². The van der Waals surface area contributed by atoms with Crippen molar-refractivity contribution in [3.8, 4) is 6.07 Å². The van der Waals surface area contributed by atoms with E-state index in [1.165, 1.54) is 12.0 Å². The molecule has 0 radical (unpaired) electrons. The summed E-state index contributed by atoms with van der Waals surface area (Å²) >= 11 is 0. The normalized spacial score (nSPS) is 27.8. The fourth-order valence-corrected chi connectivity index (χ4v) is 3.18. The summed E-state index contributed by atoms with van der Waals surface area (Å²) in [6.07, 6.45) is 3.32. The van der Waals surface area contributed by atoms with Crippen molar-refractivity contribution in [3.05, 3.63) is 35.4 Å². The molecule has 1 heterocycles. The minimum atomic E-state index is -0.00653. The second-order valence-electron chi connectivity index (χ2n) is 6.24. The number of nitrogens with one attached hydrogen (secondary N) is 1. The number of ether oxygens (including phenoxy) is 1. The first-order valence-electron chi connectivity index (χ1n) is 7.57. The highest BCUT2D eigenvalue weighted by Crippen LogP contribution is 2.39. The van der Waals surface area contributed by atoms with Gasteiger partial charge < -0.3 is 10.1 Å². The van der Waals surface area contributed by atoms with Crippen molar-refractivity contribution < 1.29 is 4.74 Å². The lowest BCUT2D eigenvalue weighted by atomic mass is 9.82. The summed E-state index contributed by atoms with van der Waals surface area (Å²) < 4.78 is 5.54. The van der Waals surface area contributed by atoms with E-state index in [2.05, 4.69) is 24.4 Å². The van der Waals surface area contributed by atoms with Crippen molar-refractivity contribution >= 4 is 0 Å². The van der Waals surface area contributed by atoms with Gasteiger partial charge in [-0.2, -0.15) is 5.26 Å². The molecule has 1 aliphatic carbocycles. The van der Waals surface area contributed by atoms with E-state index in [4.69, 9.17) is 10.00 Å².